The van der Waals surface area contributed by atoms with Gasteiger partial charge in [0.25, 0.3) is 0 Å². The van der Waals surface area contributed by atoms with Crippen molar-refractivity contribution in [3.63, 3.8) is 0 Å². The van der Waals surface area contributed by atoms with Gasteiger partial charge in [0.1, 0.15) is 10.6 Å². The molecule has 7 heteroatoms. The summed E-state index contributed by atoms with van der Waals surface area (Å²) >= 11 is 3.27. The Hall–Kier alpha value is -0.890. The van der Waals surface area contributed by atoms with E-state index in [9.17, 15) is 0 Å². The monoisotopic (exact) mass is 296 g/mol. The molecule has 19 heavy (non-hydrogen) atoms. The fraction of sp³-hybridized carbons (Fsp3) is 0.500. The van der Waals surface area contributed by atoms with Crippen molar-refractivity contribution in [2.24, 2.45) is 0 Å². The molecule has 0 bridgehead atoms. The average Bonchev–Trinajstić information content (AvgIpc) is 2.89. The molecule has 5 nitrogen and oxygen atoms in total. The van der Waals surface area contributed by atoms with Crippen molar-refractivity contribution in [1.29, 1.82) is 0 Å². The van der Waals surface area contributed by atoms with Crippen molar-refractivity contribution < 1.29 is 4.74 Å². The Bertz CT molecular complexity index is 554. The quantitative estimate of drug-likeness (QED) is 0.684. The van der Waals surface area contributed by atoms with Crippen molar-refractivity contribution in [3.8, 4) is 0 Å². The number of nitrogens with two attached hydrogens (primary N) is 1. The van der Waals surface area contributed by atoms with Crippen LogP contribution in [0.15, 0.2) is 16.6 Å². The molecule has 0 unspecified atom stereocenters. The first-order valence-electron chi connectivity index (χ1n) is 6.26. The molecule has 0 aromatic carbocycles. The molecule has 1 aliphatic heterocycles. The lowest BCUT2D eigenvalue weighted by atomic mass is 10.4. The topological polar surface area (TPSA) is 64.3 Å². The van der Waals surface area contributed by atoms with E-state index < -0.39 is 0 Å². The van der Waals surface area contributed by atoms with Gasteiger partial charge in [-0.25, -0.2) is 9.97 Å². The van der Waals surface area contributed by atoms with E-state index in [1.54, 1.807) is 23.1 Å². The minimum Gasteiger partial charge on any atom is -0.383 e. The number of fused-ring (bicyclic) bond motifs is 1. The number of ether oxygens (including phenoxy) is 1. The summed E-state index contributed by atoms with van der Waals surface area (Å²) in [6.07, 6.45) is 0. The molecule has 0 saturated carbocycles. The zero-order chi connectivity index (χ0) is 13.1. The summed E-state index contributed by atoms with van der Waals surface area (Å²) in [6, 6.07) is 1.97. The van der Waals surface area contributed by atoms with Gasteiger partial charge in [-0.2, -0.15) is 0 Å². The van der Waals surface area contributed by atoms with Gasteiger partial charge in [0.2, 0.25) is 0 Å². The van der Waals surface area contributed by atoms with Crippen LogP contribution in [0.5, 0.6) is 0 Å². The molecular formula is C12H16N4OS2. The second-order valence-corrected chi connectivity index (χ2v) is 6.29. The molecule has 3 rings (SSSR count). The fourth-order valence-electron chi connectivity index (χ4n) is 2.01. The van der Waals surface area contributed by atoms with E-state index in [2.05, 4.69) is 14.9 Å². The molecule has 1 aliphatic rings. The molecule has 3 heterocycles. The molecule has 0 aliphatic carbocycles. The first kappa shape index (κ1) is 13.1. The van der Waals surface area contributed by atoms with Gasteiger partial charge in [-0.05, 0) is 11.4 Å². The second-order valence-electron chi connectivity index (χ2n) is 4.33. The average molecular weight is 296 g/mol. The van der Waals surface area contributed by atoms with Crippen LogP contribution in [0, 0.1) is 0 Å². The van der Waals surface area contributed by atoms with Crippen LogP contribution < -0.4 is 5.73 Å². The summed E-state index contributed by atoms with van der Waals surface area (Å²) < 4.78 is 5.33. The number of hydrogen-bond acceptors (Lipinski definition) is 7. The molecule has 2 aromatic rings. The Kier molecular flexibility index (Phi) is 4.17. The van der Waals surface area contributed by atoms with Gasteiger partial charge in [-0.3, -0.25) is 4.90 Å². The Labute approximate surface area is 120 Å². The maximum Gasteiger partial charge on any atom is 0.190 e. The Morgan fingerprint density at radius 2 is 2.21 bits per heavy atom. The minimum atomic E-state index is 0.583. The SMILES string of the molecule is Nc1nc(SCCN2CCOCC2)nc2sccc12. The first-order valence-corrected chi connectivity index (χ1v) is 8.13. The van der Waals surface area contributed by atoms with Crippen molar-refractivity contribution in [2.75, 3.05) is 44.3 Å². The standard InChI is InChI=1S/C12H16N4OS2/c13-10-9-1-7-18-11(9)15-12(14-10)19-8-4-16-2-5-17-6-3-16/h1,7H,2-6,8H2,(H2,13,14,15). The third kappa shape index (κ3) is 3.17. The first-order chi connectivity index (χ1) is 9.33. The van der Waals surface area contributed by atoms with Crippen LogP contribution in [0.3, 0.4) is 0 Å². The van der Waals surface area contributed by atoms with Crippen LogP contribution >= 0.6 is 23.1 Å². The third-order valence-electron chi connectivity index (χ3n) is 3.08. The largest absolute Gasteiger partial charge is 0.383 e. The lowest BCUT2D eigenvalue weighted by Gasteiger charge is -2.26. The Balaban J connectivity index is 1.58. The van der Waals surface area contributed by atoms with Crippen molar-refractivity contribution in [3.05, 3.63) is 11.4 Å². The van der Waals surface area contributed by atoms with E-state index in [-0.39, 0.29) is 0 Å². The number of rotatable bonds is 4. The zero-order valence-electron chi connectivity index (χ0n) is 10.5. The van der Waals surface area contributed by atoms with Crippen LogP contribution in [0.2, 0.25) is 0 Å². The minimum absolute atomic E-state index is 0.583. The highest BCUT2D eigenvalue weighted by Gasteiger charge is 2.11. The van der Waals surface area contributed by atoms with Crippen molar-refractivity contribution in [2.45, 2.75) is 5.16 Å². The maximum atomic E-state index is 5.93. The summed E-state index contributed by atoms with van der Waals surface area (Å²) in [5.41, 5.74) is 5.93. The molecule has 0 radical (unpaired) electrons. The second kappa shape index (κ2) is 6.04. The molecule has 1 fully saturated rings. The number of nitrogen functional groups attached to an aromatic ring is 1. The van der Waals surface area contributed by atoms with Crippen LogP contribution in [-0.2, 0) is 4.74 Å². The number of morpholine rings is 1. The van der Waals surface area contributed by atoms with Crippen LogP contribution in [0.25, 0.3) is 10.2 Å². The van der Waals surface area contributed by atoms with Gasteiger partial charge < -0.3 is 10.5 Å². The smallest absolute Gasteiger partial charge is 0.190 e. The lowest BCUT2D eigenvalue weighted by Crippen LogP contribution is -2.37. The van der Waals surface area contributed by atoms with E-state index in [1.165, 1.54) is 0 Å². The zero-order valence-corrected chi connectivity index (χ0v) is 12.2. The van der Waals surface area contributed by atoms with E-state index in [0.29, 0.717) is 5.82 Å². The summed E-state index contributed by atoms with van der Waals surface area (Å²) in [5.74, 6) is 1.57. The highest BCUT2D eigenvalue weighted by atomic mass is 32.2. The number of nitrogens with zero attached hydrogens (tertiary/aromatic N) is 3. The van der Waals surface area contributed by atoms with Crippen LogP contribution in [-0.4, -0.2) is 53.5 Å². The predicted octanol–water partition coefficient (Wildman–Crippen LogP) is 1.70. The molecule has 0 spiro atoms. The molecular weight excluding hydrogens is 280 g/mol. The normalized spacial score (nSPS) is 17.1. The van der Waals surface area contributed by atoms with E-state index in [0.717, 1.165) is 54.0 Å². The highest BCUT2D eigenvalue weighted by Crippen LogP contribution is 2.26. The van der Waals surface area contributed by atoms with Gasteiger partial charge in [-0.1, -0.05) is 11.8 Å². The molecule has 0 amide bonds. The summed E-state index contributed by atoms with van der Waals surface area (Å²) in [7, 11) is 0. The van der Waals surface area contributed by atoms with Gasteiger partial charge in [0.15, 0.2) is 5.16 Å². The van der Waals surface area contributed by atoms with E-state index >= 15 is 0 Å². The third-order valence-corrected chi connectivity index (χ3v) is 4.71. The molecule has 2 N–H and O–H groups in total. The maximum absolute atomic E-state index is 5.93. The Morgan fingerprint density at radius 3 is 3.05 bits per heavy atom. The fourth-order valence-corrected chi connectivity index (χ4v) is 3.69. The summed E-state index contributed by atoms with van der Waals surface area (Å²) in [6.45, 7) is 4.77. The predicted molar refractivity (Wildman–Crippen MR) is 79.8 cm³/mol. The van der Waals surface area contributed by atoms with Gasteiger partial charge in [0.05, 0.1) is 18.6 Å². The summed E-state index contributed by atoms with van der Waals surface area (Å²) in [5, 5.41) is 3.74. The number of thioether (sulfide) groups is 1. The van der Waals surface area contributed by atoms with Gasteiger partial charge >= 0.3 is 0 Å². The lowest BCUT2D eigenvalue weighted by molar-refractivity contribution is 0.0410. The van der Waals surface area contributed by atoms with Crippen LogP contribution in [0.1, 0.15) is 0 Å². The number of thiophene rings is 1. The van der Waals surface area contributed by atoms with E-state index in [1.807, 2.05) is 11.4 Å². The van der Waals surface area contributed by atoms with Crippen molar-refractivity contribution >= 4 is 39.1 Å². The van der Waals surface area contributed by atoms with Gasteiger partial charge in [-0.15, -0.1) is 11.3 Å². The Morgan fingerprint density at radius 1 is 1.37 bits per heavy atom. The van der Waals surface area contributed by atoms with Crippen LogP contribution in [0.4, 0.5) is 5.82 Å². The highest BCUT2D eigenvalue weighted by molar-refractivity contribution is 7.99. The number of hydrogen-bond donors (Lipinski definition) is 1. The molecule has 2 aromatic heterocycles. The molecule has 0 atom stereocenters. The molecule has 102 valence electrons. The van der Waals surface area contributed by atoms with Gasteiger partial charge in [0, 0.05) is 25.4 Å². The number of aromatic nitrogens is 2. The van der Waals surface area contributed by atoms with E-state index in [4.69, 9.17) is 10.5 Å². The summed E-state index contributed by atoms with van der Waals surface area (Å²) in [4.78, 5) is 12.3. The van der Waals surface area contributed by atoms with Crippen molar-refractivity contribution in [1.82, 2.24) is 14.9 Å². The molecule has 1 saturated heterocycles. The number of anilines is 1.